The van der Waals surface area contributed by atoms with Crippen molar-refractivity contribution in [2.24, 2.45) is 5.84 Å². The van der Waals surface area contributed by atoms with Gasteiger partial charge in [0.05, 0.1) is 0 Å². The van der Waals surface area contributed by atoms with Crippen LogP contribution in [0.3, 0.4) is 0 Å². The van der Waals surface area contributed by atoms with E-state index in [-0.39, 0.29) is 5.56 Å². The molecule has 1 aromatic rings. The molecule has 0 unspecified atom stereocenters. The van der Waals surface area contributed by atoms with Crippen LogP contribution in [0.25, 0.3) is 0 Å². The number of hydrogen-bond donors (Lipinski definition) is 3. The number of nitrogens with two attached hydrogens (primary N) is 1. The Morgan fingerprint density at radius 2 is 2.50 bits per heavy atom. The fourth-order valence-corrected chi connectivity index (χ4v) is 0.717. The number of hydrazine groups is 1. The molecule has 0 aliphatic carbocycles. The third-order valence-electron chi connectivity index (χ3n) is 1.15. The van der Waals surface area contributed by atoms with Gasteiger partial charge in [-0.2, -0.15) is 0 Å². The van der Waals surface area contributed by atoms with Gasteiger partial charge in [0.15, 0.2) is 0 Å². The predicted molar refractivity (Wildman–Crippen MR) is 38.1 cm³/mol. The zero-order chi connectivity index (χ0) is 7.40. The summed E-state index contributed by atoms with van der Waals surface area (Å²) in [6, 6.07) is 3.29. The van der Waals surface area contributed by atoms with E-state index in [1.54, 1.807) is 12.3 Å². The molecule has 10 heavy (non-hydrogen) atoms. The maximum absolute atomic E-state index is 10.6. The molecule has 0 spiro atoms. The molecule has 1 rings (SSSR count). The molecular weight excluding hydrogens is 130 g/mol. The molecule has 0 aliphatic heterocycles. The van der Waals surface area contributed by atoms with Crippen LogP contribution in [-0.2, 0) is 6.54 Å². The quantitative estimate of drug-likeness (QED) is 0.376. The number of pyridine rings is 1. The van der Waals surface area contributed by atoms with Crippen molar-refractivity contribution in [1.29, 1.82) is 0 Å². The Balaban J connectivity index is 2.85. The van der Waals surface area contributed by atoms with Crippen LogP contribution in [-0.4, -0.2) is 4.98 Å². The van der Waals surface area contributed by atoms with E-state index in [1.165, 1.54) is 6.07 Å². The zero-order valence-corrected chi connectivity index (χ0v) is 5.42. The van der Waals surface area contributed by atoms with E-state index in [0.29, 0.717) is 6.54 Å². The first-order valence-electron chi connectivity index (χ1n) is 2.94. The summed E-state index contributed by atoms with van der Waals surface area (Å²) >= 11 is 0. The van der Waals surface area contributed by atoms with Crippen molar-refractivity contribution in [2.45, 2.75) is 6.54 Å². The maximum Gasteiger partial charge on any atom is 0.248 e. The minimum atomic E-state index is -0.104. The summed E-state index contributed by atoms with van der Waals surface area (Å²) in [5.41, 5.74) is 3.24. The van der Waals surface area contributed by atoms with Gasteiger partial charge in [-0.3, -0.25) is 16.1 Å². The van der Waals surface area contributed by atoms with Crippen molar-refractivity contribution in [3.63, 3.8) is 0 Å². The lowest BCUT2D eigenvalue weighted by Crippen LogP contribution is -2.21. The molecule has 0 amide bonds. The van der Waals surface area contributed by atoms with E-state index in [2.05, 4.69) is 10.4 Å². The Morgan fingerprint density at radius 3 is 3.10 bits per heavy atom. The lowest BCUT2D eigenvalue weighted by molar-refractivity contribution is 0.739. The first-order chi connectivity index (χ1) is 4.83. The maximum atomic E-state index is 10.6. The van der Waals surface area contributed by atoms with Crippen LogP contribution < -0.4 is 16.8 Å². The molecule has 0 saturated heterocycles. The standard InChI is InChI=1S/C6H9N3O/c7-9-4-5-1-2-8-6(10)3-5/h1-3,9H,4,7H2,(H,8,10). The summed E-state index contributed by atoms with van der Waals surface area (Å²) in [5, 5.41) is 0. The van der Waals surface area contributed by atoms with Crippen LogP contribution in [0.15, 0.2) is 23.1 Å². The molecule has 0 aliphatic rings. The van der Waals surface area contributed by atoms with Crippen LogP contribution in [0.5, 0.6) is 0 Å². The van der Waals surface area contributed by atoms with E-state index in [0.717, 1.165) is 5.56 Å². The van der Waals surface area contributed by atoms with Gasteiger partial charge in [0, 0.05) is 18.8 Å². The van der Waals surface area contributed by atoms with Crippen LogP contribution in [0.1, 0.15) is 5.56 Å². The highest BCUT2D eigenvalue weighted by Gasteiger charge is 1.88. The minimum Gasteiger partial charge on any atom is -0.329 e. The van der Waals surface area contributed by atoms with E-state index < -0.39 is 0 Å². The highest BCUT2D eigenvalue weighted by molar-refractivity contribution is 5.08. The molecule has 0 saturated carbocycles. The first kappa shape index (κ1) is 6.98. The summed E-state index contributed by atoms with van der Waals surface area (Å²) in [4.78, 5) is 13.1. The fourth-order valence-electron chi connectivity index (χ4n) is 0.717. The molecule has 0 aromatic carbocycles. The lowest BCUT2D eigenvalue weighted by atomic mass is 10.3. The third kappa shape index (κ3) is 1.68. The summed E-state index contributed by atoms with van der Waals surface area (Å²) in [5.74, 6) is 5.05. The second-order valence-corrected chi connectivity index (χ2v) is 1.94. The van der Waals surface area contributed by atoms with Gasteiger partial charge in [0.1, 0.15) is 0 Å². The molecule has 1 aromatic heterocycles. The van der Waals surface area contributed by atoms with Gasteiger partial charge in [-0.1, -0.05) is 0 Å². The molecule has 0 bridgehead atoms. The van der Waals surface area contributed by atoms with Crippen molar-refractivity contribution in [3.05, 3.63) is 34.2 Å². The summed E-state index contributed by atoms with van der Waals surface area (Å²) in [6.45, 7) is 0.518. The van der Waals surface area contributed by atoms with Crippen LogP contribution in [0.2, 0.25) is 0 Å². The van der Waals surface area contributed by atoms with E-state index >= 15 is 0 Å². The Morgan fingerprint density at radius 1 is 1.70 bits per heavy atom. The third-order valence-corrected chi connectivity index (χ3v) is 1.15. The number of H-pyrrole nitrogens is 1. The molecule has 54 valence electrons. The molecule has 0 fully saturated rings. The van der Waals surface area contributed by atoms with E-state index in [1.807, 2.05) is 0 Å². The average Bonchev–Trinajstić information content (AvgIpc) is 1.88. The van der Waals surface area contributed by atoms with Crippen molar-refractivity contribution >= 4 is 0 Å². The fraction of sp³-hybridized carbons (Fsp3) is 0.167. The Bertz CT molecular complexity index is 255. The first-order valence-corrected chi connectivity index (χ1v) is 2.94. The van der Waals surface area contributed by atoms with Gasteiger partial charge < -0.3 is 4.98 Å². The number of aromatic nitrogens is 1. The normalized spacial score (nSPS) is 9.70. The van der Waals surface area contributed by atoms with Crippen molar-refractivity contribution in [1.82, 2.24) is 10.4 Å². The molecule has 4 heteroatoms. The van der Waals surface area contributed by atoms with Crippen molar-refractivity contribution < 1.29 is 0 Å². The second kappa shape index (κ2) is 3.14. The molecule has 1 heterocycles. The summed E-state index contributed by atoms with van der Waals surface area (Å²) < 4.78 is 0. The Labute approximate surface area is 58.0 Å². The number of nitrogens with one attached hydrogen (secondary N) is 2. The highest BCUT2D eigenvalue weighted by Crippen LogP contribution is 1.89. The molecule has 0 radical (unpaired) electrons. The van der Waals surface area contributed by atoms with Crippen LogP contribution in [0.4, 0.5) is 0 Å². The number of aromatic amines is 1. The smallest absolute Gasteiger partial charge is 0.248 e. The summed E-state index contributed by atoms with van der Waals surface area (Å²) in [7, 11) is 0. The molecule has 0 atom stereocenters. The second-order valence-electron chi connectivity index (χ2n) is 1.94. The monoisotopic (exact) mass is 139 g/mol. The predicted octanol–water partition coefficient (Wildman–Crippen LogP) is -0.662. The van der Waals surface area contributed by atoms with Crippen molar-refractivity contribution in [2.75, 3.05) is 0 Å². The topological polar surface area (TPSA) is 70.9 Å². The average molecular weight is 139 g/mol. The molecule has 4 N–H and O–H groups in total. The zero-order valence-electron chi connectivity index (χ0n) is 5.42. The van der Waals surface area contributed by atoms with Gasteiger partial charge >= 0.3 is 0 Å². The van der Waals surface area contributed by atoms with E-state index in [9.17, 15) is 4.79 Å². The van der Waals surface area contributed by atoms with E-state index in [4.69, 9.17) is 5.84 Å². The Kier molecular flexibility index (Phi) is 2.20. The van der Waals surface area contributed by atoms with Gasteiger partial charge in [-0.25, -0.2) is 0 Å². The SMILES string of the molecule is NNCc1cc[nH]c(=O)c1. The van der Waals surface area contributed by atoms with Crippen LogP contribution >= 0.6 is 0 Å². The van der Waals surface area contributed by atoms with Gasteiger partial charge in [0.25, 0.3) is 0 Å². The Hall–Kier alpha value is -1.13. The van der Waals surface area contributed by atoms with Gasteiger partial charge in [-0.05, 0) is 11.6 Å². The van der Waals surface area contributed by atoms with Gasteiger partial charge in [-0.15, -0.1) is 0 Å². The number of rotatable bonds is 2. The largest absolute Gasteiger partial charge is 0.329 e. The molecule has 4 nitrogen and oxygen atoms in total. The van der Waals surface area contributed by atoms with Gasteiger partial charge in [0.2, 0.25) is 5.56 Å². The minimum absolute atomic E-state index is 0.104. The van der Waals surface area contributed by atoms with Crippen molar-refractivity contribution in [3.8, 4) is 0 Å². The molecular formula is C6H9N3O. The summed E-state index contributed by atoms with van der Waals surface area (Å²) in [6.07, 6.45) is 1.59. The lowest BCUT2D eigenvalue weighted by Gasteiger charge is -1.95. The number of hydrogen-bond acceptors (Lipinski definition) is 3. The van der Waals surface area contributed by atoms with Crippen LogP contribution in [0, 0.1) is 0 Å². The highest BCUT2D eigenvalue weighted by atomic mass is 16.1.